The smallest absolute Gasteiger partial charge is 0.271 e. The van der Waals surface area contributed by atoms with E-state index in [1.165, 1.54) is 6.92 Å². The Labute approximate surface area is 159 Å². The van der Waals surface area contributed by atoms with E-state index in [0.29, 0.717) is 4.88 Å². The molecule has 3 rings (SSSR count). The van der Waals surface area contributed by atoms with E-state index in [1.54, 1.807) is 6.92 Å². The van der Waals surface area contributed by atoms with Crippen molar-refractivity contribution < 1.29 is 18.4 Å². The van der Waals surface area contributed by atoms with Gasteiger partial charge in [-0.2, -0.15) is 13.8 Å². The van der Waals surface area contributed by atoms with E-state index in [9.17, 15) is 18.4 Å². The Hall–Kier alpha value is -2.42. The Bertz CT molecular complexity index is 893. The van der Waals surface area contributed by atoms with E-state index in [-0.39, 0.29) is 33.9 Å². The quantitative estimate of drug-likeness (QED) is 0.802. The van der Waals surface area contributed by atoms with Crippen molar-refractivity contribution in [2.24, 2.45) is 5.41 Å². The molecular weight excluding hydrogens is 374 g/mol. The van der Waals surface area contributed by atoms with Crippen LogP contribution >= 0.6 is 11.3 Å². The third-order valence-electron chi connectivity index (χ3n) is 4.84. The molecule has 9 heteroatoms. The first-order valence-corrected chi connectivity index (χ1v) is 9.32. The maximum atomic E-state index is 13.5. The summed E-state index contributed by atoms with van der Waals surface area (Å²) in [4.78, 5) is 33.7. The molecule has 0 unspecified atom stereocenters. The number of amides is 2. The molecule has 0 spiro atoms. The van der Waals surface area contributed by atoms with Crippen LogP contribution in [0.15, 0.2) is 12.1 Å². The van der Waals surface area contributed by atoms with Gasteiger partial charge in [-0.15, -0.1) is 11.3 Å². The number of thiazole rings is 1. The lowest BCUT2D eigenvalue weighted by atomic mass is 9.67. The first kappa shape index (κ1) is 19.3. The molecule has 2 heterocycles. The molecule has 0 aromatic carbocycles. The number of nitrogens with one attached hydrogen (secondary N) is 1. The zero-order chi connectivity index (χ0) is 19.9. The highest BCUT2D eigenvalue weighted by atomic mass is 32.1. The minimum atomic E-state index is -1.05. The second-order valence-electron chi connectivity index (χ2n) is 7.28. The van der Waals surface area contributed by atoms with Crippen molar-refractivity contribution in [1.82, 2.24) is 15.3 Å². The fourth-order valence-electron chi connectivity index (χ4n) is 3.06. The molecule has 2 amide bonds. The topological polar surface area (TPSA) is 75.2 Å². The molecule has 6 nitrogen and oxygen atoms in total. The number of pyridine rings is 1. The number of hydrogen-bond donors (Lipinski definition) is 1. The van der Waals surface area contributed by atoms with E-state index in [2.05, 4.69) is 29.1 Å². The van der Waals surface area contributed by atoms with Crippen LogP contribution in [0.3, 0.4) is 0 Å². The van der Waals surface area contributed by atoms with Crippen LogP contribution < -0.4 is 10.2 Å². The van der Waals surface area contributed by atoms with Crippen LogP contribution in [0.1, 0.15) is 49.0 Å². The summed E-state index contributed by atoms with van der Waals surface area (Å²) in [7, 11) is 0. The van der Waals surface area contributed by atoms with Crippen LogP contribution in [-0.4, -0.2) is 27.8 Å². The third-order valence-corrected chi connectivity index (χ3v) is 5.79. The van der Waals surface area contributed by atoms with Gasteiger partial charge in [-0.1, -0.05) is 13.8 Å². The van der Waals surface area contributed by atoms with Gasteiger partial charge in [0.05, 0.1) is 5.69 Å². The Balaban J connectivity index is 1.91. The van der Waals surface area contributed by atoms with Crippen molar-refractivity contribution in [2.45, 2.75) is 46.6 Å². The number of anilines is 2. The molecule has 2 aromatic rings. The number of aryl methyl sites for hydroxylation is 1. The van der Waals surface area contributed by atoms with Crippen molar-refractivity contribution in [1.29, 1.82) is 0 Å². The maximum Gasteiger partial charge on any atom is 0.271 e. The summed E-state index contributed by atoms with van der Waals surface area (Å²) >= 11 is 1.11. The van der Waals surface area contributed by atoms with Crippen molar-refractivity contribution >= 4 is 34.0 Å². The second-order valence-corrected chi connectivity index (χ2v) is 8.46. The molecule has 1 N–H and O–H groups in total. The monoisotopic (exact) mass is 394 g/mol. The number of hydrogen-bond acceptors (Lipinski definition) is 5. The van der Waals surface area contributed by atoms with Crippen LogP contribution in [-0.2, 0) is 4.79 Å². The Morgan fingerprint density at radius 2 is 1.89 bits per heavy atom. The highest BCUT2D eigenvalue weighted by Gasteiger charge is 2.40. The van der Waals surface area contributed by atoms with E-state index >= 15 is 0 Å². The van der Waals surface area contributed by atoms with Gasteiger partial charge in [0.25, 0.3) is 5.91 Å². The molecule has 1 fully saturated rings. The molecule has 1 aliphatic rings. The number of carbonyl (C=O) groups is 2. The van der Waals surface area contributed by atoms with Crippen molar-refractivity contribution in [3.63, 3.8) is 0 Å². The van der Waals surface area contributed by atoms with Crippen LogP contribution in [0.25, 0.3) is 0 Å². The molecule has 1 saturated carbocycles. The lowest BCUT2D eigenvalue weighted by Crippen LogP contribution is -2.52. The predicted octanol–water partition coefficient (Wildman–Crippen LogP) is 3.73. The zero-order valence-corrected chi connectivity index (χ0v) is 16.3. The van der Waals surface area contributed by atoms with Crippen LogP contribution in [0.4, 0.5) is 19.6 Å². The Morgan fingerprint density at radius 3 is 2.37 bits per heavy atom. The minimum absolute atomic E-state index is 0.0339. The van der Waals surface area contributed by atoms with Crippen LogP contribution in [0.5, 0.6) is 0 Å². The Kier molecular flexibility index (Phi) is 4.98. The third kappa shape index (κ3) is 3.83. The summed E-state index contributed by atoms with van der Waals surface area (Å²) < 4.78 is 26.9. The molecule has 144 valence electrons. The molecule has 0 saturated heterocycles. The first-order chi connectivity index (χ1) is 12.6. The number of halogens is 2. The first-order valence-electron chi connectivity index (χ1n) is 8.50. The summed E-state index contributed by atoms with van der Waals surface area (Å²) in [5.74, 6) is -2.89. The minimum Gasteiger partial charge on any atom is -0.347 e. The second kappa shape index (κ2) is 6.95. The van der Waals surface area contributed by atoms with Crippen molar-refractivity contribution in [3.8, 4) is 0 Å². The largest absolute Gasteiger partial charge is 0.347 e. The van der Waals surface area contributed by atoms with Gasteiger partial charge in [0.2, 0.25) is 17.8 Å². The predicted molar refractivity (Wildman–Crippen MR) is 98.1 cm³/mol. The summed E-state index contributed by atoms with van der Waals surface area (Å²) in [5.41, 5.74) is 0.215. The molecule has 27 heavy (non-hydrogen) atoms. The fourth-order valence-corrected chi connectivity index (χ4v) is 4.03. The summed E-state index contributed by atoms with van der Waals surface area (Å²) in [5, 5.41) is 3.14. The lowest BCUT2D eigenvalue weighted by Gasteiger charge is -2.44. The zero-order valence-electron chi connectivity index (χ0n) is 15.5. The normalized spacial score (nSPS) is 17.9. The molecular formula is C18H20F2N4O2S. The highest BCUT2D eigenvalue weighted by Crippen LogP contribution is 2.40. The van der Waals surface area contributed by atoms with Gasteiger partial charge in [-0.3, -0.25) is 14.5 Å². The van der Waals surface area contributed by atoms with E-state index < -0.39 is 17.8 Å². The van der Waals surface area contributed by atoms with Crippen LogP contribution in [0, 0.1) is 24.2 Å². The molecule has 1 atom stereocenters. The molecule has 2 aromatic heterocycles. The molecule has 0 radical (unpaired) electrons. The van der Waals surface area contributed by atoms with E-state index in [0.717, 1.165) is 41.2 Å². The summed E-state index contributed by atoms with van der Waals surface area (Å²) in [6, 6.07) is 1.96. The number of carbonyl (C=O) groups excluding carboxylic acids is 2. The SMILES string of the molecule is CC(=O)N(c1cc(F)nc(F)c1)c1nc(C(=O)N[C@@H]2CCC2(C)C)c(C)s1. The van der Waals surface area contributed by atoms with E-state index in [1.807, 2.05) is 0 Å². The van der Waals surface area contributed by atoms with Crippen LogP contribution in [0.2, 0.25) is 0 Å². The molecule has 1 aliphatic carbocycles. The van der Waals surface area contributed by atoms with Crippen molar-refractivity contribution in [3.05, 3.63) is 34.6 Å². The van der Waals surface area contributed by atoms with Gasteiger partial charge < -0.3 is 5.32 Å². The molecule has 0 aliphatic heterocycles. The summed E-state index contributed by atoms with van der Waals surface area (Å²) in [6.07, 6.45) is 1.94. The average Bonchev–Trinajstić information content (AvgIpc) is 2.91. The Morgan fingerprint density at radius 1 is 1.26 bits per heavy atom. The van der Waals surface area contributed by atoms with Crippen molar-refractivity contribution in [2.75, 3.05) is 4.90 Å². The maximum absolute atomic E-state index is 13.5. The van der Waals surface area contributed by atoms with Gasteiger partial charge in [-0.25, -0.2) is 4.98 Å². The highest BCUT2D eigenvalue weighted by molar-refractivity contribution is 7.16. The molecule has 0 bridgehead atoms. The fraction of sp³-hybridized carbons (Fsp3) is 0.444. The van der Waals surface area contributed by atoms with Gasteiger partial charge in [0.1, 0.15) is 5.69 Å². The number of nitrogens with zero attached hydrogens (tertiary/aromatic N) is 3. The van der Waals surface area contributed by atoms with Gasteiger partial charge in [0, 0.05) is 30.0 Å². The van der Waals surface area contributed by atoms with Gasteiger partial charge in [0.15, 0.2) is 5.13 Å². The van der Waals surface area contributed by atoms with Gasteiger partial charge in [-0.05, 0) is 25.2 Å². The van der Waals surface area contributed by atoms with E-state index in [4.69, 9.17) is 0 Å². The van der Waals surface area contributed by atoms with Gasteiger partial charge >= 0.3 is 0 Å². The lowest BCUT2D eigenvalue weighted by molar-refractivity contribution is -0.115. The average molecular weight is 394 g/mol. The number of aromatic nitrogens is 2. The standard InChI is InChI=1S/C18H20F2N4O2S/c1-9-15(16(26)21-12-5-6-18(12,3)4)23-17(27-9)24(10(2)25)11-7-13(19)22-14(20)8-11/h7-8,12H,5-6H2,1-4H3,(H,21,26)/t12-/m1/s1. The summed E-state index contributed by atoms with van der Waals surface area (Å²) in [6.45, 7) is 7.15. The number of rotatable bonds is 4.